The van der Waals surface area contributed by atoms with Crippen LogP contribution in [0.25, 0.3) is 11.2 Å². The molecule has 32 heavy (non-hydrogen) atoms. The normalized spacial score (nSPS) is 11.2. The van der Waals surface area contributed by atoms with Gasteiger partial charge in [-0.15, -0.1) is 0 Å². The number of carbonyl (C=O) groups is 3. The van der Waals surface area contributed by atoms with Gasteiger partial charge in [0.1, 0.15) is 18.0 Å². The van der Waals surface area contributed by atoms with Crippen molar-refractivity contribution in [1.29, 1.82) is 0 Å². The highest BCUT2D eigenvalue weighted by Gasteiger charge is 2.17. The van der Waals surface area contributed by atoms with E-state index < -0.39 is 35.7 Å². The Hall–Kier alpha value is -3.64. The second kappa shape index (κ2) is 11.1. The maximum atomic E-state index is 12.7. The van der Waals surface area contributed by atoms with Crippen LogP contribution in [0.4, 0.5) is 4.79 Å². The van der Waals surface area contributed by atoms with Gasteiger partial charge in [-0.3, -0.25) is 14.4 Å². The average Bonchev–Trinajstić information content (AvgIpc) is 3.15. The highest BCUT2D eigenvalue weighted by atomic mass is 16.6. The monoisotopic (exact) mass is 451 g/mol. The average molecular weight is 451 g/mol. The standard InChI is InChI=1S/C19H29N7O6/c1-19(2,3)32-18(31)20-7-5-4-6-8-24-26-12(9-13(27)21-10-14(28)29)25-16-15(17(26)30)22-11-23-16/h11,24H,4-10H2,1-3H3,(H,20,31)(H,21,27)(H,22,23)(H,28,29). The molecule has 0 atom stereocenters. The van der Waals surface area contributed by atoms with Gasteiger partial charge in [0.2, 0.25) is 5.91 Å². The first-order chi connectivity index (χ1) is 15.1. The number of fused-ring (bicyclic) bond motifs is 1. The third-order valence-electron chi connectivity index (χ3n) is 4.08. The fourth-order valence-electron chi connectivity index (χ4n) is 2.71. The van der Waals surface area contributed by atoms with Crippen LogP contribution in [0.2, 0.25) is 0 Å². The van der Waals surface area contributed by atoms with Crippen LogP contribution in [0.3, 0.4) is 0 Å². The Labute approximate surface area is 183 Å². The Balaban J connectivity index is 1.88. The molecule has 13 heteroatoms. The summed E-state index contributed by atoms with van der Waals surface area (Å²) in [5.74, 6) is -1.65. The van der Waals surface area contributed by atoms with Gasteiger partial charge in [0.05, 0.1) is 12.7 Å². The quantitative estimate of drug-likeness (QED) is 0.296. The lowest BCUT2D eigenvalue weighted by atomic mass is 10.2. The molecule has 13 nitrogen and oxygen atoms in total. The molecule has 0 aliphatic rings. The molecule has 0 unspecified atom stereocenters. The van der Waals surface area contributed by atoms with Crippen LogP contribution in [-0.2, 0) is 20.7 Å². The molecule has 0 fully saturated rings. The zero-order valence-corrected chi connectivity index (χ0v) is 18.4. The number of aromatic nitrogens is 4. The van der Waals surface area contributed by atoms with E-state index >= 15 is 0 Å². The molecule has 0 aliphatic carbocycles. The number of hydrogen-bond acceptors (Lipinski definition) is 8. The van der Waals surface area contributed by atoms with Crippen LogP contribution in [0, 0.1) is 0 Å². The second-order valence-corrected chi connectivity index (χ2v) is 8.01. The van der Waals surface area contributed by atoms with Gasteiger partial charge in [0.15, 0.2) is 11.2 Å². The number of carboxylic acids is 1. The lowest BCUT2D eigenvalue weighted by Gasteiger charge is -2.19. The van der Waals surface area contributed by atoms with Crippen molar-refractivity contribution >= 4 is 29.1 Å². The van der Waals surface area contributed by atoms with Gasteiger partial charge in [0, 0.05) is 13.1 Å². The first kappa shape index (κ1) is 24.6. The molecule has 0 aliphatic heterocycles. The van der Waals surface area contributed by atoms with Gasteiger partial charge >= 0.3 is 12.1 Å². The molecule has 2 aromatic rings. The number of H-pyrrole nitrogens is 1. The van der Waals surface area contributed by atoms with E-state index in [4.69, 9.17) is 9.84 Å². The second-order valence-electron chi connectivity index (χ2n) is 8.01. The first-order valence-corrected chi connectivity index (χ1v) is 10.2. The van der Waals surface area contributed by atoms with Gasteiger partial charge in [0.25, 0.3) is 5.56 Å². The number of nitrogens with one attached hydrogen (secondary N) is 4. The van der Waals surface area contributed by atoms with Crippen LogP contribution in [0.15, 0.2) is 11.1 Å². The van der Waals surface area contributed by atoms with E-state index in [1.807, 2.05) is 0 Å². The van der Waals surface area contributed by atoms with Gasteiger partial charge in [-0.05, 0) is 40.0 Å². The molecular formula is C19H29N7O6. The maximum absolute atomic E-state index is 12.7. The summed E-state index contributed by atoms with van der Waals surface area (Å²) in [5, 5.41) is 13.6. The van der Waals surface area contributed by atoms with E-state index in [1.165, 1.54) is 11.0 Å². The van der Waals surface area contributed by atoms with Crippen molar-refractivity contribution in [1.82, 2.24) is 30.3 Å². The number of carbonyl (C=O) groups excluding carboxylic acids is 2. The molecule has 0 aromatic carbocycles. The molecule has 2 aromatic heterocycles. The number of nitrogens with zero attached hydrogens (tertiary/aromatic N) is 3. The molecule has 0 spiro atoms. The number of alkyl carbamates (subject to hydrolysis) is 1. The van der Waals surface area contributed by atoms with Crippen molar-refractivity contribution in [2.24, 2.45) is 0 Å². The fraction of sp³-hybridized carbons (Fsp3) is 0.579. The van der Waals surface area contributed by atoms with Crippen molar-refractivity contribution in [3.05, 3.63) is 22.5 Å². The van der Waals surface area contributed by atoms with Crippen molar-refractivity contribution < 1.29 is 24.2 Å². The van der Waals surface area contributed by atoms with E-state index in [9.17, 15) is 19.2 Å². The number of carboxylic acid groups (broad SMARTS) is 1. The number of rotatable bonds is 11. The van der Waals surface area contributed by atoms with E-state index in [0.717, 1.165) is 12.8 Å². The highest BCUT2D eigenvalue weighted by molar-refractivity contribution is 5.82. The topological polar surface area (TPSA) is 180 Å². The summed E-state index contributed by atoms with van der Waals surface area (Å²) in [7, 11) is 0. The Morgan fingerprint density at radius 2 is 1.88 bits per heavy atom. The Kier molecular flexibility index (Phi) is 8.55. The lowest BCUT2D eigenvalue weighted by Crippen LogP contribution is -2.37. The van der Waals surface area contributed by atoms with Gasteiger partial charge < -0.3 is 30.9 Å². The summed E-state index contributed by atoms with van der Waals surface area (Å²) >= 11 is 0. The molecule has 5 N–H and O–H groups in total. The van der Waals surface area contributed by atoms with Gasteiger partial charge in [-0.1, -0.05) is 0 Å². The summed E-state index contributed by atoms with van der Waals surface area (Å²) in [5.41, 5.74) is 2.31. The summed E-state index contributed by atoms with van der Waals surface area (Å²) in [6, 6.07) is 0. The van der Waals surface area contributed by atoms with Crippen LogP contribution >= 0.6 is 0 Å². The van der Waals surface area contributed by atoms with E-state index in [2.05, 4.69) is 31.0 Å². The SMILES string of the molecule is CC(C)(C)OC(=O)NCCCCCNn1c(CC(=O)NCC(=O)O)nc2nc[nH]c2c1=O. The van der Waals surface area contributed by atoms with Gasteiger partial charge in [-0.2, -0.15) is 0 Å². The molecule has 176 valence electrons. The number of ether oxygens (including phenoxy) is 1. The predicted octanol–water partition coefficient (Wildman–Crippen LogP) is 0.101. The summed E-state index contributed by atoms with van der Waals surface area (Å²) in [6.07, 6.45) is 2.75. The third-order valence-corrected chi connectivity index (χ3v) is 4.08. The van der Waals surface area contributed by atoms with Crippen LogP contribution in [-0.4, -0.2) is 67.9 Å². The lowest BCUT2D eigenvalue weighted by molar-refractivity contribution is -0.137. The fourth-order valence-corrected chi connectivity index (χ4v) is 2.71. The number of aromatic amines is 1. The zero-order valence-electron chi connectivity index (χ0n) is 18.4. The first-order valence-electron chi connectivity index (χ1n) is 10.2. The van der Waals surface area contributed by atoms with Crippen molar-refractivity contribution in [3.8, 4) is 0 Å². The van der Waals surface area contributed by atoms with E-state index in [-0.39, 0.29) is 23.4 Å². The summed E-state index contributed by atoms with van der Waals surface area (Å²) in [4.78, 5) is 57.8. The number of aliphatic carboxylic acids is 1. The largest absolute Gasteiger partial charge is 0.480 e. The van der Waals surface area contributed by atoms with Crippen molar-refractivity contribution in [3.63, 3.8) is 0 Å². The Bertz CT molecular complexity index is 1010. The van der Waals surface area contributed by atoms with Crippen LogP contribution < -0.4 is 21.6 Å². The molecule has 0 radical (unpaired) electrons. The van der Waals surface area contributed by atoms with Gasteiger partial charge in [-0.25, -0.2) is 19.4 Å². The zero-order chi connectivity index (χ0) is 23.7. The number of amides is 2. The molecule has 2 rings (SSSR count). The van der Waals surface area contributed by atoms with E-state index in [1.54, 1.807) is 20.8 Å². The minimum atomic E-state index is -1.18. The molecule has 0 saturated heterocycles. The van der Waals surface area contributed by atoms with Crippen LogP contribution in [0.5, 0.6) is 0 Å². The number of unbranched alkanes of at least 4 members (excludes halogenated alkanes) is 2. The smallest absolute Gasteiger partial charge is 0.407 e. The minimum Gasteiger partial charge on any atom is -0.480 e. The highest BCUT2D eigenvalue weighted by Crippen LogP contribution is 2.06. The molecule has 0 bridgehead atoms. The Morgan fingerprint density at radius 3 is 2.56 bits per heavy atom. The van der Waals surface area contributed by atoms with Crippen molar-refractivity contribution in [2.75, 3.05) is 25.1 Å². The molecular weight excluding hydrogens is 422 g/mol. The number of imidazole rings is 1. The third kappa shape index (κ3) is 7.89. The van der Waals surface area contributed by atoms with Crippen molar-refractivity contribution in [2.45, 2.75) is 52.1 Å². The number of hydrogen-bond donors (Lipinski definition) is 5. The molecule has 2 amide bonds. The predicted molar refractivity (Wildman–Crippen MR) is 115 cm³/mol. The molecule has 2 heterocycles. The molecule has 0 saturated carbocycles. The Morgan fingerprint density at radius 1 is 1.16 bits per heavy atom. The maximum Gasteiger partial charge on any atom is 0.407 e. The van der Waals surface area contributed by atoms with E-state index in [0.29, 0.717) is 19.5 Å². The van der Waals surface area contributed by atoms with Crippen LogP contribution in [0.1, 0.15) is 45.9 Å². The minimum absolute atomic E-state index is 0.115. The summed E-state index contributed by atoms with van der Waals surface area (Å²) in [6.45, 7) is 5.72. The summed E-state index contributed by atoms with van der Waals surface area (Å²) < 4.78 is 6.33.